The monoisotopic (exact) mass is 501 g/mol. The van der Waals surface area contributed by atoms with E-state index in [1.54, 1.807) is 37.3 Å². The maximum absolute atomic E-state index is 13.6. The predicted octanol–water partition coefficient (Wildman–Crippen LogP) is 7.41. The Balaban J connectivity index is 1.47. The molecule has 1 saturated carbocycles. The summed E-state index contributed by atoms with van der Waals surface area (Å²) >= 11 is 1.37. The van der Waals surface area contributed by atoms with Gasteiger partial charge in [0.1, 0.15) is 11.5 Å². The van der Waals surface area contributed by atoms with Gasteiger partial charge in [-0.3, -0.25) is 19.8 Å². The van der Waals surface area contributed by atoms with Crippen LogP contribution in [0.15, 0.2) is 68.9 Å². The molecule has 7 nitrogen and oxygen atoms in total. The van der Waals surface area contributed by atoms with E-state index in [0.717, 1.165) is 36.9 Å². The number of furan rings is 1. The molecule has 1 aromatic heterocycles. The fourth-order valence-electron chi connectivity index (χ4n) is 4.75. The standard InChI is InChI=1S/C28H27N3O4S/c1-18-11-13-20(14-12-18)29-28-30(21-7-4-3-5-8-21)27(32)26(36-28)17-22-15-16-25(35-22)23-9-6-10-24(19(23)2)31(33)34/h6,9-17,21H,3-5,7-8H2,1-2H3/b26-17+,29-28?. The van der Waals surface area contributed by atoms with E-state index in [2.05, 4.69) is 0 Å². The number of aliphatic imine (C=N–C) groups is 1. The van der Waals surface area contributed by atoms with Gasteiger partial charge in [-0.15, -0.1) is 0 Å². The van der Waals surface area contributed by atoms with Gasteiger partial charge in [-0.2, -0.15) is 0 Å². The van der Waals surface area contributed by atoms with Crippen LogP contribution in [-0.4, -0.2) is 26.9 Å². The molecule has 1 aliphatic heterocycles. The second-order valence-corrected chi connectivity index (χ2v) is 10.2. The van der Waals surface area contributed by atoms with Crippen LogP contribution in [0.4, 0.5) is 11.4 Å². The number of nitro benzene ring substituents is 1. The molecule has 2 aromatic carbocycles. The molecule has 2 heterocycles. The van der Waals surface area contributed by atoms with E-state index in [0.29, 0.717) is 32.7 Å². The van der Waals surface area contributed by atoms with Crippen molar-refractivity contribution in [1.82, 2.24) is 4.90 Å². The van der Waals surface area contributed by atoms with E-state index < -0.39 is 4.92 Å². The van der Waals surface area contributed by atoms with E-state index >= 15 is 0 Å². The van der Waals surface area contributed by atoms with Crippen LogP contribution in [0, 0.1) is 24.0 Å². The summed E-state index contributed by atoms with van der Waals surface area (Å²) in [5.74, 6) is 0.991. The zero-order valence-electron chi connectivity index (χ0n) is 20.3. The predicted molar refractivity (Wildman–Crippen MR) is 143 cm³/mol. The van der Waals surface area contributed by atoms with Crippen LogP contribution in [0.5, 0.6) is 0 Å². The van der Waals surface area contributed by atoms with Crippen molar-refractivity contribution in [2.45, 2.75) is 52.0 Å². The fourth-order valence-corrected chi connectivity index (χ4v) is 5.79. The molecule has 0 unspecified atom stereocenters. The first-order chi connectivity index (χ1) is 17.4. The van der Waals surface area contributed by atoms with Crippen molar-refractivity contribution in [2.75, 3.05) is 0 Å². The minimum Gasteiger partial charge on any atom is -0.457 e. The molecular weight excluding hydrogens is 474 g/mol. The molecule has 8 heteroatoms. The molecule has 184 valence electrons. The van der Waals surface area contributed by atoms with Gasteiger partial charge in [0.15, 0.2) is 5.17 Å². The van der Waals surface area contributed by atoms with Crippen molar-refractivity contribution in [2.24, 2.45) is 4.99 Å². The van der Waals surface area contributed by atoms with Crippen molar-refractivity contribution in [3.8, 4) is 11.3 Å². The largest absolute Gasteiger partial charge is 0.457 e. The Morgan fingerprint density at radius 1 is 1.06 bits per heavy atom. The van der Waals surface area contributed by atoms with Gasteiger partial charge >= 0.3 is 0 Å². The molecule has 1 aliphatic carbocycles. The number of carbonyl (C=O) groups is 1. The van der Waals surface area contributed by atoms with E-state index in [4.69, 9.17) is 9.41 Å². The summed E-state index contributed by atoms with van der Waals surface area (Å²) in [6.07, 6.45) is 7.12. The highest BCUT2D eigenvalue weighted by Gasteiger charge is 2.38. The van der Waals surface area contributed by atoms with Crippen LogP contribution in [0.25, 0.3) is 17.4 Å². The number of nitrogens with zero attached hydrogens (tertiary/aromatic N) is 3. The molecule has 2 aliphatic rings. The number of rotatable bonds is 5. The molecule has 0 atom stereocenters. The zero-order chi connectivity index (χ0) is 25.2. The van der Waals surface area contributed by atoms with Crippen LogP contribution in [0.1, 0.15) is 49.0 Å². The molecule has 0 N–H and O–H groups in total. The molecule has 1 amide bonds. The molecule has 36 heavy (non-hydrogen) atoms. The van der Waals surface area contributed by atoms with Crippen molar-refractivity contribution >= 4 is 40.3 Å². The number of amidine groups is 1. The SMILES string of the molecule is Cc1ccc(N=C2S/C(=C/c3ccc(-c4cccc([N+](=O)[O-])c4C)o3)C(=O)N2C2CCCCC2)cc1. The number of aryl methyl sites for hydroxylation is 1. The first-order valence-electron chi connectivity index (χ1n) is 12.1. The average Bonchev–Trinajstić information content (AvgIpc) is 3.45. The van der Waals surface area contributed by atoms with Crippen LogP contribution in [-0.2, 0) is 4.79 Å². The van der Waals surface area contributed by atoms with Crippen molar-refractivity contribution in [1.29, 1.82) is 0 Å². The van der Waals surface area contributed by atoms with Crippen LogP contribution < -0.4 is 0 Å². The van der Waals surface area contributed by atoms with Gasteiger partial charge in [-0.25, -0.2) is 4.99 Å². The van der Waals surface area contributed by atoms with Gasteiger partial charge in [-0.1, -0.05) is 49.1 Å². The zero-order valence-corrected chi connectivity index (χ0v) is 21.1. The summed E-state index contributed by atoms with van der Waals surface area (Å²) in [6.45, 7) is 3.74. The van der Waals surface area contributed by atoms with Crippen LogP contribution >= 0.6 is 11.8 Å². The van der Waals surface area contributed by atoms with E-state index in [1.165, 1.54) is 24.2 Å². The summed E-state index contributed by atoms with van der Waals surface area (Å²) in [4.78, 5) is 31.7. The molecule has 0 spiro atoms. The van der Waals surface area contributed by atoms with Gasteiger partial charge in [-0.05, 0) is 62.7 Å². The number of amides is 1. The lowest BCUT2D eigenvalue weighted by Gasteiger charge is -2.30. The summed E-state index contributed by atoms with van der Waals surface area (Å²) in [5, 5.41) is 12.0. The summed E-state index contributed by atoms with van der Waals surface area (Å²) in [5.41, 5.74) is 3.22. The number of benzene rings is 2. The molecule has 3 aromatic rings. The number of hydrogen-bond donors (Lipinski definition) is 0. The Kier molecular flexibility index (Phi) is 6.78. The second kappa shape index (κ2) is 10.1. The highest BCUT2D eigenvalue weighted by molar-refractivity contribution is 8.18. The highest BCUT2D eigenvalue weighted by atomic mass is 32.2. The summed E-state index contributed by atoms with van der Waals surface area (Å²) < 4.78 is 6.02. The smallest absolute Gasteiger partial charge is 0.273 e. The van der Waals surface area contributed by atoms with Crippen LogP contribution in [0.3, 0.4) is 0 Å². The Morgan fingerprint density at radius 3 is 2.53 bits per heavy atom. The second-order valence-electron chi connectivity index (χ2n) is 9.22. The minimum absolute atomic E-state index is 0.0467. The van der Waals surface area contributed by atoms with Crippen molar-refractivity contribution in [3.05, 3.63) is 86.5 Å². The normalized spacial score (nSPS) is 18.9. The first kappa shape index (κ1) is 24.1. The third kappa shape index (κ3) is 4.86. The average molecular weight is 502 g/mol. The topological polar surface area (TPSA) is 89.0 Å². The van der Waals surface area contributed by atoms with Gasteiger partial charge in [0, 0.05) is 29.3 Å². The fraction of sp³-hybridized carbons (Fsp3) is 0.286. The highest BCUT2D eigenvalue weighted by Crippen LogP contribution is 2.39. The third-order valence-corrected chi connectivity index (χ3v) is 7.69. The number of carbonyl (C=O) groups excluding carboxylic acids is 1. The third-order valence-electron chi connectivity index (χ3n) is 6.70. The maximum atomic E-state index is 13.6. The van der Waals surface area contributed by atoms with Gasteiger partial charge in [0.2, 0.25) is 0 Å². The van der Waals surface area contributed by atoms with Crippen LogP contribution in [0.2, 0.25) is 0 Å². The number of thioether (sulfide) groups is 1. The lowest BCUT2D eigenvalue weighted by atomic mass is 9.94. The quantitative estimate of drug-likeness (QED) is 0.206. The molecule has 5 rings (SSSR count). The minimum atomic E-state index is -0.396. The van der Waals surface area contributed by atoms with Gasteiger partial charge < -0.3 is 4.42 Å². The van der Waals surface area contributed by atoms with E-state index in [-0.39, 0.29) is 17.6 Å². The molecular formula is C28H27N3O4S. The lowest BCUT2D eigenvalue weighted by molar-refractivity contribution is -0.385. The maximum Gasteiger partial charge on any atom is 0.273 e. The van der Waals surface area contributed by atoms with Gasteiger partial charge in [0.25, 0.3) is 11.6 Å². The van der Waals surface area contributed by atoms with Gasteiger partial charge in [0.05, 0.1) is 15.5 Å². The summed E-state index contributed by atoms with van der Waals surface area (Å²) in [7, 11) is 0. The molecule has 0 bridgehead atoms. The first-order valence-corrected chi connectivity index (χ1v) is 12.9. The Hall–Kier alpha value is -3.65. The van der Waals surface area contributed by atoms with E-state index in [1.807, 2.05) is 36.1 Å². The van der Waals surface area contributed by atoms with Crippen molar-refractivity contribution < 1.29 is 14.1 Å². The Labute approximate surface area is 214 Å². The number of nitro groups is 1. The van der Waals surface area contributed by atoms with Crippen molar-refractivity contribution in [3.63, 3.8) is 0 Å². The Morgan fingerprint density at radius 2 is 1.81 bits per heavy atom. The van der Waals surface area contributed by atoms with E-state index in [9.17, 15) is 14.9 Å². The number of hydrogen-bond acceptors (Lipinski definition) is 6. The molecule has 0 radical (unpaired) electrons. The summed E-state index contributed by atoms with van der Waals surface area (Å²) in [6, 6.07) is 16.6. The molecule has 2 fully saturated rings. The molecule has 1 saturated heterocycles. The lowest BCUT2D eigenvalue weighted by Crippen LogP contribution is -2.40. The Bertz CT molecular complexity index is 1370.